The van der Waals surface area contributed by atoms with Crippen LogP contribution in [0.5, 0.6) is 0 Å². The van der Waals surface area contributed by atoms with E-state index < -0.39 is 5.69 Å². The molecule has 0 amide bonds. The molecule has 1 atom stereocenters. The largest absolute Gasteiger partial charge is 0.329 e. The van der Waals surface area contributed by atoms with Crippen LogP contribution < -0.4 is 11.2 Å². The Balaban J connectivity index is 2.23. The molecule has 110 valence electrons. The van der Waals surface area contributed by atoms with Crippen molar-refractivity contribution in [3.63, 3.8) is 0 Å². The normalized spacial score (nSPS) is 19.5. The molecule has 1 fully saturated rings. The first-order valence-corrected chi connectivity index (χ1v) is 7.30. The molecular formula is C16H17ClN2O2. The predicted molar refractivity (Wildman–Crippen MR) is 83.9 cm³/mol. The van der Waals surface area contributed by atoms with E-state index in [2.05, 4.69) is 4.98 Å². The highest BCUT2D eigenvalue weighted by Crippen LogP contribution is 2.54. The molecule has 0 spiro atoms. The summed E-state index contributed by atoms with van der Waals surface area (Å²) in [5.74, 6) is 0. The van der Waals surface area contributed by atoms with Gasteiger partial charge in [-0.3, -0.25) is 14.3 Å². The van der Waals surface area contributed by atoms with Gasteiger partial charge >= 0.3 is 5.69 Å². The molecule has 1 heterocycles. The highest BCUT2D eigenvalue weighted by Gasteiger charge is 2.48. The Hall–Kier alpha value is -1.81. The molecule has 0 aliphatic heterocycles. The van der Waals surface area contributed by atoms with Gasteiger partial charge in [0.2, 0.25) is 0 Å². The van der Waals surface area contributed by atoms with Gasteiger partial charge in [-0.15, -0.1) is 0 Å². The fraction of sp³-hybridized carbons (Fsp3) is 0.375. The number of hydrogen-bond donors (Lipinski definition) is 1. The van der Waals surface area contributed by atoms with E-state index >= 15 is 0 Å². The molecular weight excluding hydrogens is 288 g/mol. The van der Waals surface area contributed by atoms with E-state index in [1.807, 2.05) is 45.0 Å². The average Bonchev–Trinajstić information content (AvgIpc) is 2.99. The summed E-state index contributed by atoms with van der Waals surface area (Å²) in [4.78, 5) is 27.4. The summed E-state index contributed by atoms with van der Waals surface area (Å²) in [7, 11) is 0. The number of H-pyrrole nitrogens is 1. The van der Waals surface area contributed by atoms with E-state index in [-0.39, 0.29) is 22.2 Å². The zero-order valence-corrected chi connectivity index (χ0v) is 13.0. The number of halogens is 1. The minimum atomic E-state index is -0.434. The van der Waals surface area contributed by atoms with E-state index in [1.54, 1.807) is 0 Å². The van der Waals surface area contributed by atoms with Crippen LogP contribution in [0.3, 0.4) is 0 Å². The van der Waals surface area contributed by atoms with Gasteiger partial charge in [0, 0.05) is 6.04 Å². The van der Waals surface area contributed by atoms with Crippen LogP contribution in [0.1, 0.15) is 31.9 Å². The first-order chi connectivity index (χ1) is 9.81. The summed E-state index contributed by atoms with van der Waals surface area (Å²) in [5.41, 5.74) is 1.41. The van der Waals surface area contributed by atoms with Crippen molar-refractivity contribution in [3.05, 3.63) is 55.8 Å². The average molecular weight is 305 g/mol. The molecule has 1 N–H and O–H groups in total. The SMILES string of the molecule is Cc1ccc(-c2c(Cl)[nH]c(=O)n(C3CC3(C)C)c2=O)cc1. The molecule has 1 aliphatic carbocycles. The zero-order chi connectivity index (χ0) is 15.4. The van der Waals surface area contributed by atoms with Crippen LogP contribution in [0.2, 0.25) is 5.15 Å². The van der Waals surface area contributed by atoms with Gasteiger partial charge in [-0.25, -0.2) is 4.79 Å². The van der Waals surface area contributed by atoms with Crippen LogP contribution in [0, 0.1) is 12.3 Å². The number of aryl methyl sites for hydroxylation is 1. The summed E-state index contributed by atoms with van der Waals surface area (Å²) in [6.45, 7) is 6.07. The summed E-state index contributed by atoms with van der Waals surface area (Å²) in [5, 5.41) is 0.101. The van der Waals surface area contributed by atoms with Crippen LogP contribution >= 0.6 is 11.6 Å². The number of nitrogens with one attached hydrogen (secondary N) is 1. The van der Waals surface area contributed by atoms with Crippen molar-refractivity contribution < 1.29 is 0 Å². The highest BCUT2D eigenvalue weighted by molar-refractivity contribution is 6.32. The molecule has 2 aromatic rings. The molecule has 0 radical (unpaired) electrons. The van der Waals surface area contributed by atoms with Gasteiger partial charge in [0.1, 0.15) is 5.15 Å². The molecule has 3 rings (SSSR count). The molecule has 1 aromatic heterocycles. The Morgan fingerprint density at radius 3 is 2.33 bits per heavy atom. The van der Waals surface area contributed by atoms with Crippen LogP contribution in [0.15, 0.2) is 33.9 Å². The maximum Gasteiger partial charge on any atom is 0.329 e. The zero-order valence-electron chi connectivity index (χ0n) is 12.2. The maximum atomic E-state index is 12.7. The lowest BCUT2D eigenvalue weighted by Crippen LogP contribution is -2.36. The fourth-order valence-electron chi connectivity index (χ4n) is 2.66. The van der Waals surface area contributed by atoms with Gasteiger partial charge in [-0.2, -0.15) is 0 Å². The highest BCUT2D eigenvalue weighted by atomic mass is 35.5. The Labute approximate surface area is 127 Å². The molecule has 0 saturated heterocycles. The fourth-order valence-corrected chi connectivity index (χ4v) is 2.93. The Morgan fingerprint density at radius 1 is 1.24 bits per heavy atom. The number of nitrogens with zero attached hydrogens (tertiary/aromatic N) is 1. The van der Waals surface area contributed by atoms with Crippen molar-refractivity contribution in [1.29, 1.82) is 0 Å². The number of aromatic amines is 1. The van der Waals surface area contributed by atoms with Crippen LogP contribution in [0.25, 0.3) is 11.1 Å². The van der Waals surface area contributed by atoms with Crippen molar-refractivity contribution >= 4 is 11.6 Å². The molecule has 5 heteroatoms. The van der Waals surface area contributed by atoms with E-state index in [1.165, 1.54) is 4.57 Å². The van der Waals surface area contributed by atoms with Crippen molar-refractivity contribution in [2.45, 2.75) is 33.2 Å². The van der Waals surface area contributed by atoms with Crippen molar-refractivity contribution in [2.75, 3.05) is 0 Å². The van der Waals surface area contributed by atoms with Gasteiger partial charge in [-0.1, -0.05) is 55.3 Å². The monoisotopic (exact) mass is 304 g/mol. The number of aromatic nitrogens is 2. The number of hydrogen-bond acceptors (Lipinski definition) is 2. The maximum absolute atomic E-state index is 12.7. The van der Waals surface area contributed by atoms with Gasteiger partial charge < -0.3 is 0 Å². The topological polar surface area (TPSA) is 54.9 Å². The van der Waals surface area contributed by atoms with E-state index in [4.69, 9.17) is 11.6 Å². The van der Waals surface area contributed by atoms with Gasteiger partial charge in [-0.05, 0) is 24.3 Å². The second kappa shape index (κ2) is 4.60. The number of rotatable bonds is 2. The molecule has 0 bridgehead atoms. The van der Waals surface area contributed by atoms with Gasteiger partial charge in [0.25, 0.3) is 5.56 Å². The lowest BCUT2D eigenvalue weighted by Gasteiger charge is -2.10. The Bertz CT molecular complexity index is 816. The summed E-state index contributed by atoms with van der Waals surface area (Å²) in [6.07, 6.45) is 0.824. The van der Waals surface area contributed by atoms with Crippen molar-refractivity contribution in [2.24, 2.45) is 5.41 Å². The van der Waals surface area contributed by atoms with Crippen LogP contribution in [-0.4, -0.2) is 9.55 Å². The molecule has 1 unspecified atom stereocenters. The van der Waals surface area contributed by atoms with E-state index in [9.17, 15) is 9.59 Å². The van der Waals surface area contributed by atoms with Gasteiger partial charge in [0.15, 0.2) is 0 Å². The molecule has 21 heavy (non-hydrogen) atoms. The van der Waals surface area contributed by atoms with Crippen LogP contribution in [0.4, 0.5) is 0 Å². The summed E-state index contributed by atoms with van der Waals surface area (Å²) in [6, 6.07) is 7.47. The molecule has 1 saturated carbocycles. The lowest BCUT2D eigenvalue weighted by atomic mass is 10.1. The lowest BCUT2D eigenvalue weighted by molar-refractivity contribution is 0.514. The van der Waals surface area contributed by atoms with Crippen molar-refractivity contribution in [3.8, 4) is 11.1 Å². The number of benzene rings is 1. The molecule has 4 nitrogen and oxygen atoms in total. The summed E-state index contributed by atoms with van der Waals surface area (Å²) < 4.78 is 1.31. The first kappa shape index (κ1) is 14.1. The van der Waals surface area contributed by atoms with Gasteiger partial charge in [0.05, 0.1) is 5.56 Å². The molecule has 1 aliphatic rings. The second-order valence-corrected chi connectivity index (χ2v) is 6.75. The molecule has 1 aromatic carbocycles. The first-order valence-electron chi connectivity index (χ1n) is 6.92. The Kier molecular flexibility index (Phi) is 3.10. The predicted octanol–water partition coefficient (Wildman–Crippen LogP) is 3.14. The minimum absolute atomic E-state index is 0.0186. The Morgan fingerprint density at radius 2 is 1.81 bits per heavy atom. The van der Waals surface area contributed by atoms with Crippen LogP contribution in [-0.2, 0) is 0 Å². The minimum Gasteiger partial charge on any atom is -0.297 e. The third-order valence-corrected chi connectivity index (χ3v) is 4.48. The second-order valence-electron chi connectivity index (χ2n) is 6.37. The van der Waals surface area contributed by atoms with E-state index in [0.717, 1.165) is 17.5 Å². The van der Waals surface area contributed by atoms with Crippen molar-refractivity contribution in [1.82, 2.24) is 9.55 Å². The third-order valence-electron chi connectivity index (χ3n) is 4.20. The van der Waals surface area contributed by atoms with E-state index in [0.29, 0.717) is 5.56 Å². The third kappa shape index (κ3) is 2.33. The smallest absolute Gasteiger partial charge is 0.297 e. The quantitative estimate of drug-likeness (QED) is 0.867. The summed E-state index contributed by atoms with van der Waals surface area (Å²) >= 11 is 6.11. The standard InChI is InChI=1S/C16H17ClN2O2/c1-9-4-6-10(7-5-9)12-13(17)18-15(21)19(14(12)20)11-8-16(11,2)3/h4-7,11H,8H2,1-3H3,(H,18,21).